The molecule has 3 saturated heterocycles. The molecule has 0 aromatic rings. The van der Waals surface area contributed by atoms with Gasteiger partial charge in [0.25, 0.3) is 0 Å². The first-order valence-corrected chi connectivity index (χ1v) is 9.67. The summed E-state index contributed by atoms with van der Waals surface area (Å²) in [5.74, 6) is 0.213. The molecule has 26 heavy (non-hydrogen) atoms. The van der Waals surface area contributed by atoms with Crippen LogP contribution in [0.1, 0.15) is 39.5 Å². The third-order valence-electron chi connectivity index (χ3n) is 5.96. The molecule has 0 bridgehead atoms. The van der Waals surface area contributed by atoms with Gasteiger partial charge in [-0.05, 0) is 59.7 Å². The molecule has 1 spiro atoms. The quantitative estimate of drug-likeness (QED) is 0.732. The molecule has 8 nitrogen and oxygen atoms in total. The van der Waals surface area contributed by atoms with Crippen molar-refractivity contribution in [2.75, 3.05) is 39.9 Å². The van der Waals surface area contributed by atoms with Crippen LogP contribution >= 0.6 is 0 Å². The van der Waals surface area contributed by atoms with E-state index in [1.165, 1.54) is 0 Å². The Hall–Kier alpha value is -1.83. The molecular weight excluding hydrogens is 334 g/mol. The van der Waals surface area contributed by atoms with E-state index in [2.05, 4.69) is 22.6 Å². The summed E-state index contributed by atoms with van der Waals surface area (Å²) in [7, 11) is 2.08. The lowest BCUT2D eigenvalue weighted by Gasteiger charge is -2.43. The van der Waals surface area contributed by atoms with Crippen molar-refractivity contribution in [3.63, 3.8) is 0 Å². The van der Waals surface area contributed by atoms with Gasteiger partial charge in [-0.2, -0.15) is 0 Å². The van der Waals surface area contributed by atoms with Crippen LogP contribution in [0, 0.1) is 5.92 Å². The Morgan fingerprint density at radius 2 is 1.77 bits per heavy atom. The van der Waals surface area contributed by atoms with E-state index in [0.29, 0.717) is 25.9 Å². The lowest BCUT2D eigenvalue weighted by molar-refractivity contribution is -0.141. The minimum Gasteiger partial charge on any atom is -0.342 e. The van der Waals surface area contributed by atoms with Crippen molar-refractivity contribution in [2.24, 2.45) is 5.92 Å². The van der Waals surface area contributed by atoms with Gasteiger partial charge in [-0.3, -0.25) is 14.5 Å². The maximum absolute atomic E-state index is 12.8. The van der Waals surface area contributed by atoms with Crippen molar-refractivity contribution in [3.8, 4) is 0 Å². The Labute approximate surface area is 155 Å². The molecule has 0 aromatic heterocycles. The van der Waals surface area contributed by atoms with E-state index in [4.69, 9.17) is 0 Å². The highest BCUT2D eigenvalue weighted by atomic mass is 16.2. The Morgan fingerprint density at radius 3 is 2.35 bits per heavy atom. The molecule has 0 radical (unpaired) electrons. The van der Waals surface area contributed by atoms with Gasteiger partial charge in [0, 0.05) is 25.0 Å². The molecule has 0 saturated carbocycles. The van der Waals surface area contributed by atoms with Crippen molar-refractivity contribution in [1.29, 1.82) is 0 Å². The number of carbonyl (C=O) groups is 3. The van der Waals surface area contributed by atoms with Crippen molar-refractivity contribution in [1.82, 2.24) is 25.3 Å². The zero-order valence-electron chi connectivity index (χ0n) is 16.1. The van der Waals surface area contributed by atoms with Crippen LogP contribution in [0.3, 0.4) is 0 Å². The molecule has 3 rings (SSSR count). The fourth-order valence-electron chi connectivity index (χ4n) is 4.29. The predicted octanol–water partition coefficient (Wildman–Crippen LogP) is 0.197. The standard InChI is InChI=1S/C18H31N5O3/c1-13(2)20-17(26)23-12-19-16(25)18(23)6-10-22(11-7-18)15(24)14-4-8-21(3)9-5-14/h13-14H,4-12H2,1-3H3,(H,19,25)(H,20,26). The van der Waals surface area contributed by atoms with E-state index < -0.39 is 5.54 Å². The highest BCUT2D eigenvalue weighted by Gasteiger charge is 2.53. The molecule has 0 aromatic carbocycles. The van der Waals surface area contributed by atoms with Crippen molar-refractivity contribution >= 4 is 17.8 Å². The second kappa shape index (κ2) is 7.42. The van der Waals surface area contributed by atoms with Crippen LogP contribution in [0.4, 0.5) is 4.79 Å². The minimum atomic E-state index is -0.817. The zero-order chi connectivity index (χ0) is 18.9. The molecule has 146 valence electrons. The number of urea groups is 1. The van der Waals surface area contributed by atoms with Gasteiger partial charge in [0.1, 0.15) is 5.54 Å². The molecule has 2 N–H and O–H groups in total. The van der Waals surface area contributed by atoms with Gasteiger partial charge in [0.05, 0.1) is 6.67 Å². The van der Waals surface area contributed by atoms with E-state index in [1.807, 2.05) is 18.7 Å². The molecule has 3 heterocycles. The van der Waals surface area contributed by atoms with Gasteiger partial charge in [-0.25, -0.2) is 4.79 Å². The van der Waals surface area contributed by atoms with Gasteiger partial charge >= 0.3 is 6.03 Å². The second-order valence-corrected chi connectivity index (χ2v) is 8.13. The Kier molecular flexibility index (Phi) is 5.41. The molecule has 3 aliphatic rings. The summed E-state index contributed by atoms with van der Waals surface area (Å²) in [6.45, 7) is 7.02. The minimum absolute atomic E-state index is 0.0151. The largest absolute Gasteiger partial charge is 0.342 e. The molecule has 4 amide bonds. The number of carbonyl (C=O) groups excluding carboxylic acids is 3. The summed E-state index contributed by atoms with van der Waals surface area (Å²) >= 11 is 0. The van der Waals surface area contributed by atoms with Gasteiger partial charge in [0.2, 0.25) is 11.8 Å². The Morgan fingerprint density at radius 1 is 1.15 bits per heavy atom. The van der Waals surface area contributed by atoms with Crippen molar-refractivity contribution in [3.05, 3.63) is 0 Å². The van der Waals surface area contributed by atoms with E-state index in [-0.39, 0.29) is 36.5 Å². The van der Waals surface area contributed by atoms with E-state index >= 15 is 0 Å². The van der Waals surface area contributed by atoms with Crippen molar-refractivity contribution < 1.29 is 14.4 Å². The first-order chi connectivity index (χ1) is 12.3. The van der Waals surface area contributed by atoms with Crippen LogP contribution in [0.15, 0.2) is 0 Å². The maximum atomic E-state index is 12.8. The molecular formula is C18H31N5O3. The average molecular weight is 365 g/mol. The summed E-state index contributed by atoms with van der Waals surface area (Å²) in [5, 5.41) is 5.69. The molecule has 0 atom stereocenters. The summed E-state index contributed by atoms with van der Waals surface area (Å²) in [5.41, 5.74) is -0.817. The molecule has 0 aliphatic carbocycles. The Balaban J connectivity index is 1.63. The first-order valence-electron chi connectivity index (χ1n) is 9.67. The van der Waals surface area contributed by atoms with Crippen molar-refractivity contribution in [2.45, 2.75) is 51.1 Å². The second-order valence-electron chi connectivity index (χ2n) is 8.13. The van der Waals surface area contributed by atoms with Crippen LogP contribution in [-0.2, 0) is 9.59 Å². The smallest absolute Gasteiger partial charge is 0.319 e. The summed E-state index contributed by atoms with van der Waals surface area (Å²) in [6, 6.07) is -0.199. The summed E-state index contributed by atoms with van der Waals surface area (Å²) in [6.07, 6.45) is 2.81. The van der Waals surface area contributed by atoms with E-state index in [9.17, 15) is 14.4 Å². The van der Waals surface area contributed by atoms with Gasteiger partial charge in [0.15, 0.2) is 0 Å². The predicted molar refractivity (Wildman–Crippen MR) is 97.3 cm³/mol. The fraction of sp³-hybridized carbons (Fsp3) is 0.833. The number of nitrogens with zero attached hydrogens (tertiary/aromatic N) is 3. The number of rotatable bonds is 2. The highest BCUT2D eigenvalue weighted by Crippen LogP contribution is 2.33. The topological polar surface area (TPSA) is 85.0 Å². The monoisotopic (exact) mass is 365 g/mol. The van der Waals surface area contributed by atoms with Crippen LogP contribution in [-0.4, -0.2) is 84.0 Å². The number of amides is 4. The fourth-order valence-corrected chi connectivity index (χ4v) is 4.29. The normalized spacial score (nSPS) is 24.2. The van der Waals surface area contributed by atoms with Crippen LogP contribution < -0.4 is 10.6 Å². The summed E-state index contributed by atoms with van der Waals surface area (Å²) in [4.78, 5) is 43.6. The lowest BCUT2D eigenvalue weighted by Crippen LogP contribution is -2.61. The molecule has 3 aliphatic heterocycles. The zero-order valence-corrected chi connectivity index (χ0v) is 16.1. The van der Waals surface area contributed by atoms with Gasteiger partial charge < -0.3 is 20.4 Å². The SMILES string of the molecule is CC(C)NC(=O)N1CNC(=O)C12CCN(C(=O)C1CCN(C)CC1)CC2. The van der Waals surface area contributed by atoms with Gasteiger partial charge in [-0.1, -0.05) is 0 Å². The highest BCUT2D eigenvalue weighted by molar-refractivity contribution is 5.94. The van der Waals surface area contributed by atoms with E-state index in [1.54, 1.807) is 4.90 Å². The third-order valence-corrected chi connectivity index (χ3v) is 5.96. The average Bonchev–Trinajstić information content (AvgIpc) is 2.91. The van der Waals surface area contributed by atoms with Crippen LogP contribution in [0.25, 0.3) is 0 Å². The number of hydrogen-bond donors (Lipinski definition) is 2. The maximum Gasteiger partial charge on any atom is 0.319 e. The number of likely N-dealkylation sites (tertiary alicyclic amines) is 2. The first kappa shape index (κ1) is 18.9. The number of piperidine rings is 2. The molecule has 0 unspecified atom stereocenters. The number of hydrogen-bond acceptors (Lipinski definition) is 4. The van der Waals surface area contributed by atoms with E-state index in [0.717, 1.165) is 25.9 Å². The lowest BCUT2D eigenvalue weighted by atomic mass is 9.85. The molecule has 8 heteroatoms. The van der Waals surface area contributed by atoms with Crippen LogP contribution in [0.5, 0.6) is 0 Å². The summed E-state index contributed by atoms with van der Waals surface area (Å²) < 4.78 is 0. The third kappa shape index (κ3) is 3.51. The van der Waals surface area contributed by atoms with Crippen LogP contribution in [0.2, 0.25) is 0 Å². The number of nitrogens with one attached hydrogen (secondary N) is 2. The molecule has 3 fully saturated rings. The van der Waals surface area contributed by atoms with Gasteiger partial charge in [-0.15, -0.1) is 0 Å². The Bertz CT molecular complexity index is 563.